The zero-order valence-electron chi connectivity index (χ0n) is 10.5. The Kier molecular flexibility index (Phi) is 5.58. The Morgan fingerprint density at radius 3 is 2.20 bits per heavy atom. The summed E-state index contributed by atoms with van der Waals surface area (Å²) in [5.74, 6) is 0.800. The number of rotatable bonds is 6. The summed E-state index contributed by atoms with van der Waals surface area (Å²) in [6.45, 7) is 12.2. The fraction of sp³-hybridized carbons (Fsp3) is 1.00. The van der Waals surface area contributed by atoms with Crippen LogP contribution in [-0.2, 0) is 9.47 Å². The average molecular weight is 215 g/mol. The first kappa shape index (κ1) is 12.9. The lowest BCUT2D eigenvalue weighted by Crippen LogP contribution is -2.38. The summed E-state index contributed by atoms with van der Waals surface area (Å²) >= 11 is 0. The second kappa shape index (κ2) is 6.46. The summed E-state index contributed by atoms with van der Waals surface area (Å²) in [5.41, 5.74) is 0. The van der Waals surface area contributed by atoms with Gasteiger partial charge in [0.15, 0.2) is 6.29 Å². The van der Waals surface area contributed by atoms with Gasteiger partial charge in [-0.3, -0.25) is 4.90 Å². The lowest BCUT2D eigenvalue weighted by atomic mass is 10.1. The molecule has 1 saturated heterocycles. The summed E-state index contributed by atoms with van der Waals surface area (Å²) in [7, 11) is 0. The largest absolute Gasteiger partial charge is 0.352 e. The molecule has 1 fully saturated rings. The summed E-state index contributed by atoms with van der Waals surface area (Å²) in [6, 6.07) is 0.661. The molecule has 1 rings (SSSR count). The van der Waals surface area contributed by atoms with Crippen LogP contribution in [0.4, 0.5) is 0 Å². The maximum absolute atomic E-state index is 5.56. The molecule has 1 heterocycles. The highest BCUT2D eigenvalue weighted by Crippen LogP contribution is 2.23. The Morgan fingerprint density at radius 1 is 1.20 bits per heavy atom. The maximum Gasteiger partial charge on any atom is 0.170 e. The van der Waals surface area contributed by atoms with Gasteiger partial charge in [0.05, 0.1) is 0 Å². The first-order chi connectivity index (χ1) is 7.19. The number of hydrogen-bond acceptors (Lipinski definition) is 3. The van der Waals surface area contributed by atoms with E-state index < -0.39 is 0 Å². The van der Waals surface area contributed by atoms with Crippen LogP contribution in [0.3, 0.4) is 0 Å². The van der Waals surface area contributed by atoms with Gasteiger partial charge in [-0.2, -0.15) is 0 Å². The average Bonchev–Trinajstić information content (AvgIpc) is 2.51. The van der Waals surface area contributed by atoms with E-state index in [1.165, 1.54) is 13.0 Å². The summed E-state index contributed by atoms with van der Waals surface area (Å²) in [6.07, 6.45) is 1.25. The molecule has 2 unspecified atom stereocenters. The Bertz CT molecular complexity index is 169. The van der Waals surface area contributed by atoms with Crippen molar-refractivity contribution in [1.82, 2.24) is 4.90 Å². The van der Waals surface area contributed by atoms with E-state index in [1.807, 2.05) is 13.8 Å². The molecular formula is C12H25NO2. The quantitative estimate of drug-likeness (QED) is 0.633. The van der Waals surface area contributed by atoms with E-state index >= 15 is 0 Å². The predicted molar refractivity (Wildman–Crippen MR) is 61.9 cm³/mol. The van der Waals surface area contributed by atoms with Gasteiger partial charge in [0.25, 0.3) is 0 Å². The topological polar surface area (TPSA) is 21.7 Å². The smallest absolute Gasteiger partial charge is 0.170 e. The van der Waals surface area contributed by atoms with E-state index in [4.69, 9.17) is 9.47 Å². The molecule has 0 aromatic carbocycles. The molecule has 0 amide bonds. The van der Waals surface area contributed by atoms with Gasteiger partial charge in [-0.25, -0.2) is 0 Å². The minimum absolute atomic E-state index is 0.0484. The lowest BCUT2D eigenvalue weighted by molar-refractivity contribution is -0.148. The van der Waals surface area contributed by atoms with Crippen LogP contribution in [0.2, 0.25) is 0 Å². The van der Waals surface area contributed by atoms with Crippen LogP contribution in [0.1, 0.15) is 34.1 Å². The van der Waals surface area contributed by atoms with Crippen LogP contribution in [0.25, 0.3) is 0 Å². The fourth-order valence-corrected chi connectivity index (χ4v) is 2.15. The Balaban J connectivity index is 2.36. The van der Waals surface area contributed by atoms with Crippen molar-refractivity contribution >= 4 is 0 Å². The normalized spacial score (nSPS) is 27.8. The molecule has 0 N–H and O–H groups in total. The molecule has 0 aromatic rings. The molecule has 3 heteroatoms. The molecule has 15 heavy (non-hydrogen) atoms. The number of nitrogens with zero attached hydrogens (tertiary/aromatic N) is 1. The second-order valence-corrected chi connectivity index (χ2v) is 4.34. The highest BCUT2D eigenvalue weighted by atomic mass is 16.7. The molecule has 0 aliphatic carbocycles. The Morgan fingerprint density at radius 2 is 1.80 bits per heavy atom. The maximum atomic E-state index is 5.56. The number of likely N-dealkylation sites (tertiary alicyclic amines) is 1. The van der Waals surface area contributed by atoms with E-state index in [9.17, 15) is 0 Å². The highest BCUT2D eigenvalue weighted by Gasteiger charge is 2.29. The van der Waals surface area contributed by atoms with Gasteiger partial charge >= 0.3 is 0 Å². The van der Waals surface area contributed by atoms with Gasteiger partial charge in [0.2, 0.25) is 0 Å². The van der Waals surface area contributed by atoms with Crippen molar-refractivity contribution in [2.45, 2.75) is 46.4 Å². The van der Waals surface area contributed by atoms with E-state index in [-0.39, 0.29) is 6.29 Å². The van der Waals surface area contributed by atoms with Gasteiger partial charge in [-0.1, -0.05) is 6.92 Å². The SMILES string of the molecule is CCOC(CN1CCC(C)C1C)OCC. The predicted octanol–water partition coefficient (Wildman–Crippen LogP) is 2.12. The minimum Gasteiger partial charge on any atom is -0.352 e. The minimum atomic E-state index is -0.0484. The molecule has 3 nitrogen and oxygen atoms in total. The summed E-state index contributed by atoms with van der Waals surface area (Å²) in [5, 5.41) is 0. The third-order valence-electron chi connectivity index (χ3n) is 3.36. The van der Waals surface area contributed by atoms with Crippen LogP contribution < -0.4 is 0 Å². The first-order valence-electron chi connectivity index (χ1n) is 6.16. The van der Waals surface area contributed by atoms with Crippen molar-refractivity contribution in [3.63, 3.8) is 0 Å². The zero-order valence-corrected chi connectivity index (χ0v) is 10.5. The van der Waals surface area contributed by atoms with Crippen molar-refractivity contribution in [3.8, 4) is 0 Å². The van der Waals surface area contributed by atoms with Crippen molar-refractivity contribution in [2.75, 3.05) is 26.3 Å². The summed E-state index contributed by atoms with van der Waals surface area (Å²) in [4.78, 5) is 2.47. The fourth-order valence-electron chi connectivity index (χ4n) is 2.15. The Labute approximate surface area is 93.7 Å². The summed E-state index contributed by atoms with van der Waals surface area (Å²) < 4.78 is 11.1. The third kappa shape index (κ3) is 3.74. The molecule has 1 aliphatic heterocycles. The van der Waals surface area contributed by atoms with Gasteiger partial charge < -0.3 is 9.47 Å². The van der Waals surface area contributed by atoms with E-state index in [0.717, 1.165) is 25.7 Å². The van der Waals surface area contributed by atoms with E-state index in [2.05, 4.69) is 18.7 Å². The van der Waals surface area contributed by atoms with Crippen LogP contribution in [0, 0.1) is 5.92 Å². The molecule has 0 aromatic heterocycles. The zero-order chi connectivity index (χ0) is 11.3. The molecule has 90 valence electrons. The van der Waals surface area contributed by atoms with E-state index in [1.54, 1.807) is 0 Å². The number of hydrogen-bond donors (Lipinski definition) is 0. The third-order valence-corrected chi connectivity index (χ3v) is 3.36. The van der Waals surface area contributed by atoms with Crippen molar-refractivity contribution < 1.29 is 9.47 Å². The second-order valence-electron chi connectivity index (χ2n) is 4.34. The molecular weight excluding hydrogens is 190 g/mol. The van der Waals surface area contributed by atoms with Gasteiger partial charge in [0, 0.05) is 25.8 Å². The van der Waals surface area contributed by atoms with E-state index in [0.29, 0.717) is 6.04 Å². The van der Waals surface area contributed by atoms with Gasteiger partial charge in [0.1, 0.15) is 0 Å². The number of ether oxygens (including phenoxy) is 2. The van der Waals surface area contributed by atoms with Gasteiger partial charge in [-0.05, 0) is 39.7 Å². The lowest BCUT2D eigenvalue weighted by Gasteiger charge is -2.27. The van der Waals surface area contributed by atoms with Crippen molar-refractivity contribution in [2.24, 2.45) is 5.92 Å². The molecule has 2 atom stereocenters. The highest BCUT2D eigenvalue weighted by molar-refractivity contribution is 4.81. The monoisotopic (exact) mass is 215 g/mol. The molecule has 1 aliphatic rings. The van der Waals surface area contributed by atoms with Gasteiger partial charge in [-0.15, -0.1) is 0 Å². The molecule has 0 radical (unpaired) electrons. The molecule has 0 spiro atoms. The van der Waals surface area contributed by atoms with Crippen LogP contribution in [0.5, 0.6) is 0 Å². The Hall–Kier alpha value is -0.120. The van der Waals surface area contributed by atoms with Crippen molar-refractivity contribution in [1.29, 1.82) is 0 Å². The first-order valence-corrected chi connectivity index (χ1v) is 6.16. The van der Waals surface area contributed by atoms with Crippen molar-refractivity contribution in [3.05, 3.63) is 0 Å². The molecule has 0 saturated carbocycles. The molecule has 0 bridgehead atoms. The van der Waals surface area contributed by atoms with Crippen LogP contribution >= 0.6 is 0 Å². The van der Waals surface area contributed by atoms with Crippen LogP contribution in [0.15, 0.2) is 0 Å². The van der Waals surface area contributed by atoms with Crippen LogP contribution in [-0.4, -0.2) is 43.5 Å². The standard InChI is InChI=1S/C12H25NO2/c1-5-14-12(15-6-2)9-13-8-7-10(3)11(13)4/h10-12H,5-9H2,1-4H3.